The molecule has 1 rings (SSSR count). The molecule has 0 aromatic heterocycles. The third-order valence-corrected chi connectivity index (χ3v) is 2.55. The van der Waals surface area contributed by atoms with E-state index in [1.807, 2.05) is 30.3 Å². The standard InChI is InChI=1S/C14H19NO5.ClH/c1-3-18-14(17)20-10(2)12(15)13(16)19-9-11-7-5-4-6-8-11;/h4-8,10,12H,3,9,15H2,1-2H3;1H/t10?,12-;/m0./s1. The summed E-state index contributed by atoms with van der Waals surface area (Å²) in [7, 11) is 0. The largest absolute Gasteiger partial charge is 0.508 e. The molecule has 21 heavy (non-hydrogen) atoms. The van der Waals surface area contributed by atoms with Gasteiger partial charge in [0.15, 0.2) is 0 Å². The molecule has 1 aromatic rings. The van der Waals surface area contributed by atoms with Crippen LogP contribution < -0.4 is 5.73 Å². The number of hydrogen-bond acceptors (Lipinski definition) is 6. The highest BCUT2D eigenvalue weighted by Gasteiger charge is 2.26. The van der Waals surface area contributed by atoms with Gasteiger partial charge in [0.2, 0.25) is 0 Å². The van der Waals surface area contributed by atoms with E-state index in [4.69, 9.17) is 15.2 Å². The maximum atomic E-state index is 11.7. The number of halogens is 1. The molecule has 1 aromatic carbocycles. The van der Waals surface area contributed by atoms with Crippen molar-refractivity contribution in [2.75, 3.05) is 6.61 Å². The van der Waals surface area contributed by atoms with Crippen LogP contribution in [0.1, 0.15) is 19.4 Å². The first-order valence-corrected chi connectivity index (χ1v) is 6.34. The van der Waals surface area contributed by atoms with Crippen LogP contribution in [0.3, 0.4) is 0 Å². The predicted molar refractivity (Wildman–Crippen MR) is 79.0 cm³/mol. The summed E-state index contributed by atoms with van der Waals surface area (Å²) in [5, 5.41) is 0. The molecule has 2 atom stereocenters. The van der Waals surface area contributed by atoms with E-state index in [9.17, 15) is 9.59 Å². The van der Waals surface area contributed by atoms with Crippen LogP contribution in [0.2, 0.25) is 0 Å². The van der Waals surface area contributed by atoms with E-state index in [0.29, 0.717) is 0 Å². The zero-order valence-corrected chi connectivity index (χ0v) is 12.8. The van der Waals surface area contributed by atoms with Crippen molar-refractivity contribution in [2.45, 2.75) is 32.6 Å². The van der Waals surface area contributed by atoms with Gasteiger partial charge in [0.25, 0.3) is 0 Å². The monoisotopic (exact) mass is 317 g/mol. The van der Waals surface area contributed by atoms with Gasteiger partial charge in [-0.1, -0.05) is 30.3 Å². The minimum absolute atomic E-state index is 0. The Morgan fingerprint density at radius 1 is 1.19 bits per heavy atom. The van der Waals surface area contributed by atoms with Crippen molar-refractivity contribution in [2.24, 2.45) is 5.73 Å². The molecular weight excluding hydrogens is 298 g/mol. The zero-order chi connectivity index (χ0) is 15.0. The van der Waals surface area contributed by atoms with Gasteiger partial charge in [-0.05, 0) is 19.4 Å². The quantitative estimate of drug-likeness (QED) is 0.808. The van der Waals surface area contributed by atoms with Crippen molar-refractivity contribution in [3.05, 3.63) is 35.9 Å². The molecule has 2 N–H and O–H groups in total. The van der Waals surface area contributed by atoms with E-state index in [2.05, 4.69) is 4.74 Å². The molecule has 0 bridgehead atoms. The van der Waals surface area contributed by atoms with Crippen LogP contribution in [0.4, 0.5) is 4.79 Å². The SMILES string of the molecule is CCOC(=O)OC(C)[C@H](N)C(=O)OCc1ccccc1.Cl. The Morgan fingerprint density at radius 2 is 1.81 bits per heavy atom. The molecule has 0 saturated carbocycles. The number of hydrogen-bond donors (Lipinski definition) is 1. The van der Waals surface area contributed by atoms with E-state index in [0.717, 1.165) is 5.56 Å². The molecule has 7 heteroatoms. The van der Waals surface area contributed by atoms with Crippen LogP contribution in [0, 0.1) is 0 Å². The second-order valence-electron chi connectivity index (χ2n) is 4.13. The number of carbonyl (C=O) groups excluding carboxylic acids is 2. The van der Waals surface area contributed by atoms with E-state index in [1.165, 1.54) is 6.92 Å². The van der Waals surface area contributed by atoms with Gasteiger partial charge in [-0.15, -0.1) is 12.4 Å². The molecule has 118 valence electrons. The minimum atomic E-state index is -1.05. The number of rotatable bonds is 6. The Kier molecular flexibility index (Phi) is 9.16. The molecule has 0 amide bonds. The van der Waals surface area contributed by atoms with Crippen molar-refractivity contribution >= 4 is 24.5 Å². The summed E-state index contributed by atoms with van der Waals surface area (Å²) in [4.78, 5) is 22.8. The van der Waals surface area contributed by atoms with Gasteiger partial charge in [-0.2, -0.15) is 0 Å². The fraction of sp³-hybridized carbons (Fsp3) is 0.429. The van der Waals surface area contributed by atoms with Crippen molar-refractivity contribution in [1.29, 1.82) is 0 Å². The molecular formula is C14H20ClNO5. The van der Waals surface area contributed by atoms with E-state index >= 15 is 0 Å². The average Bonchev–Trinajstić information content (AvgIpc) is 2.45. The Hall–Kier alpha value is -1.79. The Bertz CT molecular complexity index is 440. The number of ether oxygens (including phenoxy) is 3. The number of benzene rings is 1. The van der Waals surface area contributed by atoms with Crippen molar-refractivity contribution in [3.8, 4) is 0 Å². The molecule has 0 fully saturated rings. The summed E-state index contributed by atoms with van der Waals surface area (Å²) >= 11 is 0. The van der Waals surface area contributed by atoms with Crippen molar-refractivity contribution in [1.82, 2.24) is 0 Å². The number of carbonyl (C=O) groups is 2. The lowest BCUT2D eigenvalue weighted by atomic mass is 10.2. The third kappa shape index (κ3) is 6.97. The van der Waals surface area contributed by atoms with Crippen molar-refractivity contribution < 1.29 is 23.8 Å². The molecule has 0 aliphatic carbocycles. The third-order valence-electron chi connectivity index (χ3n) is 2.55. The summed E-state index contributed by atoms with van der Waals surface area (Å²) in [5.41, 5.74) is 6.52. The lowest BCUT2D eigenvalue weighted by Gasteiger charge is -2.18. The molecule has 0 saturated heterocycles. The van der Waals surface area contributed by atoms with E-state index < -0.39 is 24.3 Å². The normalized spacial score (nSPS) is 12.5. The lowest BCUT2D eigenvalue weighted by molar-refractivity contribution is -0.149. The van der Waals surface area contributed by atoms with Crippen LogP contribution in [-0.4, -0.2) is 30.9 Å². The van der Waals surface area contributed by atoms with Crippen LogP contribution in [-0.2, 0) is 25.6 Å². The first kappa shape index (κ1) is 19.2. The smallest absolute Gasteiger partial charge is 0.460 e. The second kappa shape index (κ2) is 10.0. The lowest BCUT2D eigenvalue weighted by Crippen LogP contribution is -2.43. The number of esters is 1. The minimum Gasteiger partial charge on any atom is -0.460 e. The van der Waals surface area contributed by atoms with Crippen LogP contribution in [0.25, 0.3) is 0 Å². The summed E-state index contributed by atoms with van der Waals surface area (Å²) < 4.78 is 14.5. The second-order valence-corrected chi connectivity index (χ2v) is 4.13. The Balaban J connectivity index is 0.00000400. The average molecular weight is 318 g/mol. The highest BCUT2D eigenvalue weighted by Crippen LogP contribution is 2.05. The van der Waals surface area contributed by atoms with Gasteiger partial charge in [0.05, 0.1) is 6.61 Å². The Labute approximate surface area is 130 Å². The summed E-state index contributed by atoms with van der Waals surface area (Å²) in [6.07, 6.45) is -1.68. The van der Waals surface area contributed by atoms with Crippen molar-refractivity contribution in [3.63, 3.8) is 0 Å². The fourth-order valence-corrected chi connectivity index (χ4v) is 1.39. The van der Waals surface area contributed by atoms with E-state index in [1.54, 1.807) is 6.92 Å². The molecule has 0 aliphatic heterocycles. The van der Waals surface area contributed by atoms with E-state index in [-0.39, 0.29) is 25.6 Å². The van der Waals surface area contributed by atoms with Crippen LogP contribution in [0.5, 0.6) is 0 Å². The molecule has 1 unspecified atom stereocenters. The summed E-state index contributed by atoms with van der Waals surface area (Å²) in [6.45, 7) is 3.48. The molecule has 0 heterocycles. The predicted octanol–water partition coefficient (Wildman–Crippen LogP) is 2.04. The van der Waals surface area contributed by atoms with Gasteiger partial charge in [0.1, 0.15) is 18.8 Å². The maximum absolute atomic E-state index is 11.7. The molecule has 6 nitrogen and oxygen atoms in total. The summed E-state index contributed by atoms with van der Waals surface area (Å²) in [6, 6.07) is 8.16. The zero-order valence-electron chi connectivity index (χ0n) is 12.0. The van der Waals surface area contributed by atoms with Gasteiger partial charge in [-0.25, -0.2) is 4.79 Å². The summed E-state index contributed by atoms with van der Waals surface area (Å²) in [5.74, 6) is -0.634. The Morgan fingerprint density at radius 3 is 2.38 bits per heavy atom. The first-order valence-electron chi connectivity index (χ1n) is 6.34. The van der Waals surface area contributed by atoms with Crippen LogP contribution >= 0.6 is 12.4 Å². The highest BCUT2D eigenvalue weighted by molar-refractivity contribution is 5.85. The van der Waals surface area contributed by atoms with Gasteiger partial charge in [-0.3, -0.25) is 4.79 Å². The fourth-order valence-electron chi connectivity index (χ4n) is 1.39. The first-order chi connectivity index (χ1) is 9.54. The van der Waals surface area contributed by atoms with Gasteiger partial charge in [0, 0.05) is 0 Å². The molecule has 0 aliphatic rings. The number of nitrogens with two attached hydrogens (primary N) is 1. The molecule has 0 radical (unpaired) electrons. The highest BCUT2D eigenvalue weighted by atomic mass is 35.5. The van der Waals surface area contributed by atoms with Gasteiger partial charge < -0.3 is 19.9 Å². The van der Waals surface area contributed by atoms with Crippen LogP contribution in [0.15, 0.2) is 30.3 Å². The topological polar surface area (TPSA) is 87.9 Å². The maximum Gasteiger partial charge on any atom is 0.508 e. The van der Waals surface area contributed by atoms with Gasteiger partial charge >= 0.3 is 12.1 Å². The molecule has 0 spiro atoms.